The summed E-state index contributed by atoms with van der Waals surface area (Å²) in [6.45, 7) is 7.34. The summed E-state index contributed by atoms with van der Waals surface area (Å²) >= 11 is 0. The number of hydrogen-bond acceptors (Lipinski definition) is 5. The Kier molecular flexibility index (Phi) is 10.7. The van der Waals surface area contributed by atoms with Crippen LogP contribution in [0, 0.1) is 0 Å². The van der Waals surface area contributed by atoms with Crippen LogP contribution in [-0.4, -0.2) is 53.3 Å². The Balaban J connectivity index is 2.09. The molecule has 0 aliphatic rings. The molecule has 0 aliphatic heterocycles. The molecule has 0 fully saturated rings. The van der Waals surface area contributed by atoms with E-state index in [1.807, 2.05) is 18.2 Å². The van der Waals surface area contributed by atoms with Crippen molar-refractivity contribution in [1.82, 2.24) is 5.32 Å². The average molecular weight is 297 g/mol. The van der Waals surface area contributed by atoms with Crippen molar-refractivity contribution in [3.05, 3.63) is 29.8 Å². The molecule has 0 spiro atoms. The number of para-hydroxylation sites is 1. The third-order valence-electron chi connectivity index (χ3n) is 2.83. The monoisotopic (exact) mass is 297 g/mol. The summed E-state index contributed by atoms with van der Waals surface area (Å²) in [5.74, 6) is 0.915. The van der Waals surface area contributed by atoms with E-state index in [-0.39, 0.29) is 0 Å². The molecule has 0 saturated carbocycles. The second kappa shape index (κ2) is 12.6. The lowest BCUT2D eigenvalue weighted by Crippen LogP contribution is -2.15. The smallest absolute Gasteiger partial charge is 0.123 e. The van der Waals surface area contributed by atoms with Crippen molar-refractivity contribution in [3.8, 4) is 5.75 Å². The summed E-state index contributed by atoms with van der Waals surface area (Å²) in [7, 11) is 1.66. The summed E-state index contributed by atoms with van der Waals surface area (Å²) < 4.78 is 21.4. The number of nitrogens with one attached hydrogen (secondary N) is 1. The Morgan fingerprint density at radius 2 is 1.57 bits per heavy atom. The van der Waals surface area contributed by atoms with Crippen molar-refractivity contribution in [2.75, 3.05) is 53.3 Å². The number of ether oxygens (including phenoxy) is 4. The Hall–Kier alpha value is -1.14. The number of rotatable bonds is 13. The highest BCUT2D eigenvalue weighted by Crippen LogP contribution is 2.17. The van der Waals surface area contributed by atoms with Crippen LogP contribution in [0.2, 0.25) is 0 Å². The van der Waals surface area contributed by atoms with Gasteiger partial charge < -0.3 is 24.3 Å². The number of hydrogen-bond donors (Lipinski definition) is 1. The largest absolute Gasteiger partial charge is 0.491 e. The summed E-state index contributed by atoms with van der Waals surface area (Å²) in [5.41, 5.74) is 1.17. The van der Waals surface area contributed by atoms with E-state index in [0.717, 1.165) is 18.8 Å². The lowest BCUT2D eigenvalue weighted by molar-refractivity contribution is 0.0179. The van der Waals surface area contributed by atoms with Crippen molar-refractivity contribution in [2.45, 2.75) is 13.5 Å². The van der Waals surface area contributed by atoms with Crippen LogP contribution in [0.25, 0.3) is 0 Å². The molecule has 1 aromatic carbocycles. The highest BCUT2D eigenvalue weighted by atomic mass is 16.6. The molecule has 1 rings (SSSR count). The van der Waals surface area contributed by atoms with E-state index in [1.54, 1.807) is 7.11 Å². The van der Waals surface area contributed by atoms with Crippen LogP contribution in [0.3, 0.4) is 0 Å². The van der Waals surface area contributed by atoms with Crippen molar-refractivity contribution >= 4 is 0 Å². The van der Waals surface area contributed by atoms with Gasteiger partial charge in [-0.05, 0) is 12.6 Å². The average Bonchev–Trinajstić information content (AvgIpc) is 2.52. The first-order chi connectivity index (χ1) is 10.4. The first-order valence-corrected chi connectivity index (χ1v) is 7.44. The van der Waals surface area contributed by atoms with Crippen LogP contribution < -0.4 is 10.1 Å². The minimum Gasteiger partial charge on any atom is -0.491 e. The predicted molar refractivity (Wildman–Crippen MR) is 82.8 cm³/mol. The minimum absolute atomic E-state index is 0.543. The van der Waals surface area contributed by atoms with E-state index in [2.05, 4.69) is 18.3 Å². The van der Waals surface area contributed by atoms with Gasteiger partial charge in [0.2, 0.25) is 0 Å². The molecule has 1 aromatic rings. The molecule has 120 valence electrons. The number of benzene rings is 1. The van der Waals surface area contributed by atoms with Gasteiger partial charge in [0, 0.05) is 19.2 Å². The third kappa shape index (κ3) is 8.67. The van der Waals surface area contributed by atoms with Crippen molar-refractivity contribution in [1.29, 1.82) is 0 Å². The molecule has 0 radical (unpaired) electrons. The fraction of sp³-hybridized carbons (Fsp3) is 0.625. The number of methoxy groups -OCH3 is 1. The normalized spacial score (nSPS) is 10.8. The van der Waals surface area contributed by atoms with Crippen molar-refractivity contribution in [3.63, 3.8) is 0 Å². The fourth-order valence-electron chi connectivity index (χ4n) is 1.73. The SMILES string of the molecule is CCNCc1ccccc1OCCOCCOCCOC. The molecule has 0 aliphatic carbocycles. The van der Waals surface area contributed by atoms with Crippen LogP contribution in [0.5, 0.6) is 5.75 Å². The zero-order chi connectivity index (χ0) is 15.2. The second-order valence-electron chi connectivity index (χ2n) is 4.45. The molecule has 0 bridgehead atoms. The maximum atomic E-state index is 5.75. The first-order valence-electron chi connectivity index (χ1n) is 7.44. The van der Waals surface area contributed by atoms with Gasteiger partial charge >= 0.3 is 0 Å². The predicted octanol–water partition coefficient (Wildman–Crippen LogP) is 1.85. The summed E-state index contributed by atoms with van der Waals surface area (Å²) in [6, 6.07) is 8.06. The van der Waals surface area contributed by atoms with Gasteiger partial charge in [-0.3, -0.25) is 0 Å². The molecule has 0 unspecified atom stereocenters. The van der Waals surface area contributed by atoms with Crippen LogP contribution in [0.4, 0.5) is 0 Å². The molecule has 0 amide bonds. The Bertz CT molecular complexity index is 360. The maximum absolute atomic E-state index is 5.75. The molecule has 0 saturated heterocycles. The highest BCUT2D eigenvalue weighted by Gasteiger charge is 2.01. The molecule has 21 heavy (non-hydrogen) atoms. The van der Waals surface area contributed by atoms with Gasteiger partial charge in [0.25, 0.3) is 0 Å². The van der Waals surface area contributed by atoms with Gasteiger partial charge in [-0.15, -0.1) is 0 Å². The molecule has 5 nitrogen and oxygen atoms in total. The van der Waals surface area contributed by atoms with E-state index in [4.69, 9.17) is 18.9 Å². The molecule has 5 heteroatoms. The quantitative estimate of drug-likeness (QED) is 0.563. The molecular weight excluding hydrogens is 270 g/mol. The highest BCUT2D eigenvalue weighted by molar-refractivity contribution is 5.33. The van der Waals surface area contributed by atoms with Crippen LogP contribution in [0.15, 0.2) is 24.3 Å². The topological polar surface area (TPSA) is 49.0 Å². The van der Waals surface area contributed by atoms with Gasteiger partial charge in [-0.25, -0.2) is 0 Å². The standard InChI is InChI=1S/C16H27NO4/c1-3-17-14-15-6-4-5-7-16(15)21-13-12-20-11-10-19-9-8-18-2/h4-7,17H,3,8-14H2,1-2H3. The zero-order valence-electron chi connectivity index (χ0n) is 13.1. The Morgan fingerprint density at radius 3 is 2.29 bits per heavy atom. The Morgan fingerprint density at radius 1 is 0.905 bits per heavy atom. The van der Waals surface area contributed by atoms with Crippen molar-refractivity contribution < 1.29 is 18.9 Å². The van der Waals surface area contributed by atoms with E-state index in [0.29, 0.717) is 39.6 Å². The maximum Gasteiger partial charge on any atom is 0.123 e. The summed E-state index contributed by atoms with van der Waals surface area (Å²) in [5, 5.41) is 3.30. The van der Waals surface area contributed by atoms with Crippen LogP contribution in [0.1, 0.15) is 12.5 Å². The van der Waals surface area contributed by atoms with Gasteiger partial charge in [-0.2, -0.15) is 0 Å². The third-order valence-corrected chi connectivity index (χ3v) is 2.83. The van der Waals surface area contributed by atoms with Crippen LogP contribution in [-0.2, 0) is 20.8 Å². The molecule has 0 aromatic heterocycles. The van der Waals surface area contributed by atoms with Crippen LogP contribution >= 0.6 is 0 Å². The van der Waals surface area contributed by atoms with Gasteiger partial charge in [-0.1, -0.05) is 25.1 Å². The van der Waals surface area contributed by atoms with E-state index in [9.17, 15) is 0 Å². The van der Waals surface area contributed by atoms with E-state index >= 15 is 0 Å². The van der Waals surface area contributed by atoms with Crippen molar-refractivity contribution in [2.24, 2.45) is 0 Å². The Labute approximate surface area is 127 Å². The lowest BCUT2D eigenvalue weighted by atomic mass is 10.2. The second-order valence-corrected chi connectivity index (χ2v) is 4.45. The van der Waals surface area contributed by atoms with Gasteiger partial charge in [0.05, 0.1) is 33.0 Å². The van der Waals surface area contributed by atoms with Gasteiger partial charge in [0.1, 0.15) is 12.4 Å². The lowest BCUT2D eigenvalue weighted by Gasteiger charge is -2.12. The zero-order valence-corrected chi connectivity index (χ0v) is 13.1. The first kappa shape index (κ1) is 17.9. The molecule has 1 N–H and O–H groups in total. The summed E-state index contributed by atoms with van der Waals surface area (Å²) in [4.78, 5) is 0. The van der Waals surface area contributed by atoms with E-state index < -0.39 is 0 Å². The van der Waals surface area contributed by atoms with Gasteiger partial charge in [0.15, 0.2) is 0 Å². The molecular formula is C16H27NO4. The molecule has 0 heterocycles. The summed E-state index contributed by atoms with van der Waals surface area (Å²) in [6.07, 6.45) is 0. The minimum atomic E-state index is 0.543. The fourth-order valence-corrected chi connectivity index (χ4v) is 1.73. The van der Waals surface area contributed by atoms with E-state index in [1.165, 1.54) is 5.56 Å². The molecule has 0 atom stereocenters.